The second-order valence-electron chi connectivity index (χ2n) is 5.94. The summed E-state index contributed by atoms with van der Waals surface area (Å²) >= 11 is 0. The predicted molar refractivity (Wildman–Crippen MR) is 81.8 cm³/mol. The van der Waals surface area contributed by atoms with E-state index in [0.29, 0.717) is 12.0 Å². The molecule has 1 aromatic heterocycles. The molecule has 3 heterocycles. The van der Waals surface area contributed by atoms with Crippen LogP contribution < -0.4 is 10.1 Å². The maximum absolute atomic E-state index is 5.79. The molecule has 2 aliphatic heterocycles. The first-order valence-corrected chi connectivity index (χ1v) is 7.87. The lowest BCUT2D eigenvalue weighted by molar-refractivity contribution is 0.253. The second-order valence-corrected chi connectivity index (χ2v) is 5.94. The highest BCUT2D eigenvalue weighted by molar-refractivity contribution is 5.38. The van der Waals surface area contributed by atoms with Crippen molar-refractivity contribution in [3.63, 3.8) is 0 Å². The van der Waals surface area contributed by atoms with Gasteiger partial charge in [0.05, 0.1) is 19.0 Å². The fourth-order valence-electron chi connectivity index (χ4n) is 3.62. The summed E-state index contributed by atoms with van der Waals surface area (Å²) in [7, 11) is 0. The normalized spacial score (nSPS) is 22.6. The third-order valence-electron chi connectivity index (χ3n) is 4.72. The zero-order valence-electron chi connectivity index (χ0n) is 12.2. The molecule has 1 atom stereocenters. The van der Waals surface area contributed by atoms with E-state index in [9.17, 15) is 0 Å². The third kappa shape index (κ3) is 2.33. The van der Waals surface area contributed by atoms with Gasteiger partial charge in [-0.2, -0.15) is 0 Å². The number of fused-ring (bicyclic) bond motifs is 1. The van der Waals surface area contributed by atoms with Gasteiger partial charge in [0.2, 0.25) is 0 Å². The molecular formula is C17H21N3O. The van der Waals surface area contributed by atoms with Gasteiger partial charge in [-0.15, -0.1) is 0 Å². The maximum Gasteiger partial charge on any atom is 0.124 e. The van der Waals surface area contributed by atoms with Crippen molar-refractivity contribution in [2.45, 2.75) is 31.2 Å². The lowest BCUT2D eigenvalue weighted by Gasteiger charge is -2.31. The SMILES string of the molecule is c1ccc2c(c1)OCCC2n1cncc1C1CCNCC1. The maximum atomic E-state index is 5.79. The van der Waals surface area contributed by atoms with Crippen molar-refractivity contribution in [1.82, 2.24) is 14.9 Å². The molecule has 0 bridgehead atoms. The summed E-state index contributed by atoms with van der Waals surface area (Å²) in [5, 5.41) is 3.44. The fourth-order valence-corrected chi connectivity index (χ4v) is 3.62. The number of ether oxygens (including phenoxy) is 1. The molecule has 4 rings (SSSR count). The predicted octanol–water partition coefficient (Wildman–Crippen LogP) is 2.72. The average molecular weight is 283 g/mol. The van der Waals surface area contributed by atoms with Gasteiger partial charge in [0.15, 0.2) is 0 Å². The molecule has 0 spiro atoms. The van der Waals surface area contributed by atoms with Crippen molar-refractivity contribution in [1.29, 1.82) is 0 Å². The average Bonchev–Trinajstić information content (AvgIpc) is 3.04. The number of piperidine rings is 1. The van der Waals surface area contributed by atoms with Gasteiger partial charge in [0.25, 0.3) is 0 Å². The summed E-state index contributed by atoms with van der Waals surface area (Å²) in [6.07, 6.45) is 7.50. The number of para-hydroxylation sites is 1. The Morgan fingerprint density at radius 2 is 2.00 bits per heavy atom. The van der Waals surface area contributed by atoms with Gasteiger partial charge in [-0.05, 0) is 32.0 Å². The van der Waals surface area contributed by atoms with Gasteiger partial charge < -0.3 is 14.6 Å². The summed E-state index contributed by atoms with van der Waals surface area (Å²) in [5.74, 6) is 1.66. The van der Waals surface area contributed by atoms with Gasteiger partial charge in [-0.25, -0.2) is 4.98 Å². The lowest BCUT2D eigenvalue weighted by atomic mass is 9.93. The van der Waals surface area contributed by atoms with E-state index in [4.69, 9.17) is 4.74 Å². The molecule has 0 aliphatic carbocycles. The number of benzene rings is 1. The van der Waals surface area contributed by atoms with Crippen LogP contribution in [-0.4, -0.2) is 29.2 Å². The van der Waals surface area contributed by atoms with Crippen LogP contribution in [0.15, 0.2) is 36.8 Å². The first kappa shape index (κ1) is 12.9. The minimum absolute atomic E-state index is 0.363. The molecule has 4 nitrogen and oxygen atoms in total. The quantitative estimate of drug-likeness (QED) is 0.921. The van der Waals surface area contributed by atoms with E-state index < -0.39 is 0 Å². The Bertz CT molecular complexity index is 616. The van der Waals surface area contributed by atoms with E-state index in [2.05, 4.69) is 39.3 Å². The number of hydrogen-bond donors (Lipinski definition) is 1. The van der Waals surface area contributed by atoms with Gasteiger partial charge in [-0.1, -0.05) is 18.2 Å². The summed E-state index contributed by atoms with van der Waals surface area (Å²) in [6.45, 7) is 3.01. The van der Waals surface area contributed by atoms with Crippen LogP contribution >= 0.6 is 0 Å². The lowest BCUT2D eigenvalue weighted by Crippen LogP contribution is -2.29. The fraction of sp³-hybridized carbons (Fsp3) is 0.471. The Morgan fingerprint density at radius 1 is 1.14 bits per heavy atom. The first-order valence-electron chi connectivity index (χ1n) is 7.87. The van der Waals surface area contributed by atoms with E-state index in [1.807, 2.05) is 12.4 Å². The number of nitrogens with one attached hydrogen (secondary N) is 1. The van der Waals surface area contributed by atoms with Crippen molar-refractivity contribution in [2.24, 2.45) is 0 Å². The molecular weight excluding hydrogens is 262 g/mol. The first-order chi connectivity index (χ1) is 10.4. The van der Waals surface area contributed by atoms with Gasteiger partial charge in [0, 0.05) is 29.8 Å². The Balaban J connectivity index is 1.70. The Hall–Kier alpha value is -1.81. The minimum Gasteiger partial charge on any atom is -0.493 e. The Labute approximate surface area is 125 Å². The highest BCUT2D eigenvalue weighted by atomic mass is 16.5. The third-order valence-corrected chi connectivity index (χ3v) is 4.72. The Morgan fingerprint density at radius 3 is 2.90 bits per heavy atom. The molecule has 1 saturated heterocycles. The van der Waals surface area contributed by atoms with E-state index in [0.717, 1.165) is 31.9 Å². The topological polar surface area (TPSA) is 39.1 Å². The van der Waals surface area contributed by atoms with Crippen LogP contribution in [0.3, 0.4) is 0 Å². The van der Waals surface area contributed by atoms with Crippen molar-refractivity contribution >= 4 is 0 Å². The molecule has 110 valence electrons. The summed E-state index contributed by atoms with van der Waals surface area (Å²) in [4.78, 5) is 4.45. The number of imidazole rings is 1. The number of aromatic nitrogens is 2. The summed E-state index contributed by atoms with van der Waals surface area (Å²) in [5.41, 5.74) is 2.68. The minimum atomic E-state index is 0.363. The van der Waals surface area contributed by atoms with Gasteiger partial charge in [0.1, 0.15) is 5.75 Å². The van der Waals surface area contributed by atoms with Crippen LogP contribution in [0.2, 0.25) is 0 Å². The molecule has 0 radical (unpaired) electrons. The standard InChI is InChI=1S/C17H21N3O/c1-2-4-17-14(3-1)15(7-10-21-17)20-12-19-11-16(20)13-5-8-18-9-6-13/h1-4,11-13,15,18H,5-10H2. The molecule has 1 aromatic carbocycles. The van der Waals surface area contributed by atoms with Crippen LogP contribution in [0.1, 0.15) is 42.5 Å². The molecule has 1 unspecified atom stereocenters. The van der Waals surface area contributed by atoms with E-state index in [1.54, 1.807) is 0 Å². The van der Waals surface area contributed by atoms with Gasteiger partial charge >= 0.3 is 0 Å². The van der Waals surface area contributed by atoms with E-state index >= 15 is 0 Å². The van der Waals surface area contributed by atoms with Crippen molar-refractivity contribution in [3.8, 4) is 5.75 Å². The van der Waals surface area contributed by atoms with Crippen LogP contribution in [0.25, 0.3) is 0 Å². The van der Waals surface area contributed by atoms with Crippen LogP contribution in [-0.2, 0) is 0 Å². The largest absolute Gasteiger partial charge is 0.493 e. The van der Waals surface area contributed by atoms with Crippen LogP contribution in [0.4, 0.5) is 0 Å². The zero-order chi connectivity index (χ0) is 14.1. The molecule has 2 aliphatic rings. The van der Waals surface area contributed by atoms with Crippen molar-refractivity contribution in [2.75, 3.05) is 19.7 Å². The van der Waals surface area contributed by atoms with E-state index in [1.165, 1.54) is 24.1 Å². The van der Waals surface area contributed by atoms with Crippen molar-refractivity contribution < 1.29 is 4.74 Å². The summed E-state index contributed by atoms with van der Waals surface area (Å²) < 4.78 is 8.18. The van der Waals surface area contributed by atoms with Crippen molar-refractivity contribution in [3.05, 3.63) is 48.0 Å². The monoisotopic (exact) mass is 283 g/mol. The highest BCUT2D eigenvalue weighted by Crippen LogP contribution is 2.37. The number of hydrogen-bond acceptors (Lipinski definition) is 3. The number of nitrogens with zero attached hydrogens (tertiary/aromatic N) is 2. The molecule has 0 amide bonds. The van der Waals surface area contributed by atoms with E-state index in [-0.39, 0.29) is 0 Å². The smallest absolute Gasteiger partial charge is 0.124 e. The second kappa shape index (κ2) is 5.53. The molecule has 1 fully saturated rings. The molecule has 2 aromatic rings. The molecule has 1 N–H and O–H groups in total. The highest BCUT2D eigenvalue weighted by Gasteiger charge is 2.27. The summed E-state index contributed by atoms with van der Waals surface area (Å²) in [6, 6.07) is 8.76. The van der Waals surface area contributed by atoms with Crippen LogP contribution in [0.5, 0.6) is 5.75 Å². The molecule has 21 heavy (non-hydrogen) atoms. The number of rotatable bonds is 2. The molecule has 4 heteroatoms. The van der Waals surface area contributed by atoms with Crippen LogP contribution in [0, 0.1) is 0 Å². The van der Waals surface area contributed by atoms with Gasteiger partial charge in [-0.3, -0.25) is 0 Å². The zero-order valence-corrected chi connectivity index (χ0v) is 12.2. The molecule has 0 saturated carbocycles. The Kier molecular flexibility index (Phi) is 3.39.